The Bertz CT molecular complexity index is 383. The summed E-state index contributed by atoms with van der Waals surface area (Å²) in [6, 6.07) is 0. The highest BCUT2D eigenvalue weighted by Gasteiger charge is 2.23. The molecule has 2 heterocycles. The first-order valence-corrected chi connectivity index (χ1v) is 9.06. The van der Waals surface area contributed by atoms with E-state index in [2.05, 4.69) is 4.90 Å². The molecule has 0 saturated carbocycles. The van der Waals surface area contributed by atoms with Crippen LogP contribution in [0.4, 0.5) is 0 Å². The van der Waals surface area contributed by atoms with Gasteiger partial charge in [-0.05, 0) is 32.6 Å². The molecule has 6 nitrogen and oxygen atoms in total. The third kappa shape index (κ3) is 6.11. The molecule has 2 rings (SSSR count). The van der Waals surface area contributed by atoms with Crippen molar-refractivity contribution >= 4 is 11.8 Å². The van der Waals surface area contributed by atoms with E-state index in [4.69, 9.17) is 4.74 Å². The van der Waals surface area contributed by atoms with Gasteiger partial charge >= 0.3 is 0 Å². The van der Waals surface area contributed by atoms with Gasteiger partial charge in [-0.2, -0.15) is 0 Å². The van der Waals surface area contributed by atoms with Crippen molar-refractivity contribution in [1.82, 2.24) is 14.7 Å². The Hall–Kier alpha value is -1.14. The second-order valence-corrected chi connectivity index (χ2v) is 6.40. The van der Waals surface area contributed by atoms with Crippen molar-refractivity contribution in [3.63, 3.8) is 0 Å². The van der Waals surface area contributed by atoms with Gasteiger partial charge in [0.05, 0.1) is 6.54 Å². The number of carbonyl (C=O) groups excluding carboxylic acids is 2. The fourth-order valence-electron chi connectivity index (χ4n) is 3.26. The molecule has 2 aliphatic rings. The van der Waals surface area contributed by atoms with Crippen LogP contribution in [-0.4, -0.2) is 85.5 Å². The van der Waals surface area contributed by atoms with Gasteiger partial charge in [0.1, 0.15) is 0 Å². The lowest BCUT2D eigenvalue weighted by Gasteiger charge is -2.24. The minimum atomic E-state index is 0.220. The third-order valence-corrected chi connectivity index (χ3v) is 4.64. The van der Waals surface area contributed by atoms with Crippen molar-refractivity contribution in [3.8, 4) is 0 Å². The molecule has 0 aromatic rings. The number of carbonyl (C=O) groups is 2. The maximum Gasteiger partial charge on any atom is 0.236 e. The average molecular weight is 325 g/mol. The fraction of sp³-hybridized carbons (Fsp3) is 0.882. The highest BCUT2D eigenvalue weighted by Crippen LogP contribution is 2.10. The van der Waals surface area contributed by atoms with E-state index in [1.165, 1.54) is 0 Å². The number of nitrogens with zero attached hydrogens (tertiary/aromatic N) is 3. The molecule has 0 atom stereocenters. The largest absolute Gasteiger partial charge is 0.382 e. The van der Waals surface area contributed by atoms with Crippen LogP contribution >= 0.6 is 0 Å². The molecule has 0 radical (unpaired) electrons. The Morgan fingerprint density at radius 2 is 1.57 bits per heavy atom. The predicted octanol–water partition coefficient (Wildman–Crippen LogP) is 0.960. The number of likely N-dealkylation sites (tertiary alicyclic amines) is 1. The highest BCUT2D eigenvalue weighted by molar-refractivity contribution is 5.78. The zero-order valence-corrected chi connectivity index (χ0v) is 14.5. The van der Waals surface area contributed by atoms with E-state index in [1.54, 1.807) is 0 Å². The van der Waals surface area contributed by atoms with Crippen molar-refractivity contribution in [2.75, 3.05) is 59.0 Å². The molecule has 0 spiro atoms. The lowest BCUT2D eigenvalue weighted by molar-refractivity contribution is -0.131. The van der Waals surface area contributed by atoms with Crippen molar-refractivity contribution in [2.24, 2.45) is 0 Å². The van der Waals surface area contributed by atoms with Crippen LogP contribution in [0.1, 0.15) is 39.0 Å². The SMILES string of the molecule is CCOCCCC(=O)N1CCCN(CC(=O)N2CCCC2)CC1. The highest BCUT2D eigenvalue weighted by atomic mass is 16.5. The average Bonchev–Trinajstić information content (AvgIpc) is 2.99. The monoisotopic (exact) mass is 325 g/mol. The van der Waals surface area contributed by atoms with Crippen LogP contribution in [0.5, 0.6) is 0 Å². The van der Waals surface area contributed by atoms with E-state index in [-0.39, 0.29) is 11.8 Å². The minimum absolute atomic E-state index is 0.220. The number of rotatable bonds is 7. The first kappa shape index (κ1) is 18.2. The number of ether oxygens (including phenoxy) is 1. The van der Waals surface area contributed by atoms with Gasteiger partial charge in [0.25, 0.3) is 0 Å². The lowest BCUT2D eigenvalue weighted by Crippen LogP contribution is -2.41. The Morgan fingerprint density at radius 3 is 2.30 bits per heavy atom. The summed E-state index contributed by atoms with van der Waals surface area (Å²) in [6.45, 7) is 8.92. The maximum atomic E-state index is 12.2. The zero-order chi connectivity index (χ0) is 16.5. The first-order chi connectivity index (χ1) is 11.2. The molecule has 2 saturated heterocycles. The van der Waals surface area contributed by atoms with Crippen molar-refractivity contribution in [3.05, 3.63) is 0 Å². The second-order valence-electron chi connectivity index (χ2n) is 6.40. The standard InChI is InChI=1S/C17H31N3O3/c1-2-23-14-5-7-16(21)20-11-6-8-18(12-13-20)15-17(22)19-9-3-4-10-19/h2-15H2,1H3. The quantitative estimate of drug-likeness (QED) is 0.654. The molecule has 2 fully saturated rings. The molecule has 0 aromatic carbocycles. The summed E-state index contributed by atoms with van der Waals surface area (Å²) < 4.78 is 5.28. The number of hydrogen-bond donors (Lipinski definition) is 0. The van der Waals surface area contributed by atoms with E-state index in [0.29, 0.717) is 26.2 Å². The molecule has 0 aliphatic carbocycles. The molecular weight excluding hydrogens is 294 g/mol. The summed E-state index contributed by atoms with van der Waals surface area (Å²) in [5.74, 6) is 0.469. The van der Waals surface area contributed by atoms with Gasteiger partial charge in [0.15, 0.2) is 0 Å². The molecule has 2 amide bonds. The molecule has 0 unspecified atom stereocenters. The predicted molar refractivity (Wildman–Crippen MR) is 89.2 cm³/mol. The van der Waals surface area contributed by atoms with E-state index < -0.39 is 0 Å². The Morgan fingerprint density at radius 1 is 0.870 bits per heavy atom. The molecular formula is C17H31N3O3. The fourth-order valence-corrected chi connectivity index (χ4v) is 3.26. The zero-order valence-electron chi connectivity index (χ0n) is 14.5. The molecule has 132 valence electrons. The van der Waals surface area contributed by atoms with Crippen LogP contribution < -0.4 is 0 Å². The van der Waals surface area contributed by atoms with Gasteiger partial charge in [-0.1, -0.05) is 0 Å². The van der Waals surface area contributed by atoms with E-state index in [9.17, 15) is 9.59 Å². The van der Waals surface area contributed by atoms with Gasteiger partial charge in [-0.3, -0.25) is 14.5 Å². The molecule has 2 aliphatic heterocycles. The normalized spacial score (nSPS) is 19.9. The Balaban J connectivity index is 1.69. The van der Waals surface area contributed by atoms with Gasteiger partial charge in [-0.15, -0.1) is 0 Å². The summed E-state index contributed by atoms with van der Waals surface area (Å²) in [4.78, 5) is 30.6. The van der Waals surface area contributed by atoms with Crippen LogP contribution in [0.2, 0.25) is 0 Å². The maximum absolute atomic E-state index is 12.2. The van der Waals surface area contributed by atoms with E-state index >= 15 is 0 Å². The van der Waals surface area contributed by atoms with Crippen LogP contribution in [-0.2, 0) is 14.3 Å². The molecule has 0 bridgehead atoms. The topological polar surface area (TPSA) is 53.1 Å². The summed E-state index contributed by atoms with van der Waals surface area (Å²) in [5.41, 5.74) is 0. The second kappa shape index (κ2) is 9.88. The van der Waals surface area contributed by atoms with Gasteiger partial charge < -0.3 is 14.5 Å². The van der Waals surface area contributed by atoms with Crippen molar-refractivity contribution in [2.45, 2.75) is 39.0 Å². The summed E-state index contributed by atoms with van der Waals surface area (Å²) in [7, 11) is 0. The third-order valence-electron chi connectivity index (χ3n) is 4.64. The van der Waals surface area contributed by atoms with Crippen molar-refractivity contribution in [1.29, 1.82) is 0 Å². The summed E-state index contributed by atoms with van der Waals surface area (Å²) >= 11 is 0. The van der Waals surface area contributed by atoms with Crippen molar-refractivity contribution < 1.29 is 14.3 Å². The van der Waals surface area contributed by atoms with E-state index in [0.717, 1.165) is 65.0 Å². The van der Waals surface area contributed by atoms with Gasteiger partial charge in [0.2, 0.25) is 11.8 Å². The lowest BCUT2D eigenvalue weighted by atomic mass is 10.2. The summed E-state index contributed by atoms with van der Waals surface area (Å²) in [6.07, 6.45) is 4.57. The molecule has 0 aromatic heterocycles. The number of hydrogen-bond acceptors (Lipinski definition) is 4. The van der Waals surface area contributed by atoms with Gasteiger partial charge in [-0.25, -0.2) is 0 Å². The smallest absolute Gasteiger partial charge is 0.236 e. The minimum Gasteiger partial charge on any atom is -0.382 e. The molecule has 23 heavy (non-hydrogen) atoms. The van der Waals surface area contributed by atoms with Crippen LogP contribution in [0.3, 0.4) is 0 Å². The van der Waals surface area contributed by atoms with Crippen LogP contribution in [0.15, 0.2) is 0 Å². The van der Waals surface area contributed by atoms with Crippen LogP contribution in [0.25, 0.3) is 0 Å². The molecule has 6 heteroatoms. The number of amides is 2. The first-order valence-electron chi connectivity index (χ1n) is 9.06. The summed E-state index contributed by atoms with van der Waals surface area (Å²) in [5, 5.41) is 0. The van der Waals surface area contributed by atoms with Crippen LogP contribution in [0, 0.1) is 0 Å². The Labute approximate surface area is 139 Å². The van der Waals surface area contributed by atoms with Gasteiger partial charge in [0, 0.05) is 58.9 Å². The van der Waals surface area contributed by atoms with E-state index in [1.807, 2.05) is 16.7 Å². The molecule has 0 N–H and O–H groups in total. The Kier molecular flexibility index (Phi) is 7.82.